The van der Waals surface area contributed by atoms with Crippen LogP contribution in [0.5, 0.6) is 5.75 Å². The van der Waals surface area contributed by atoms with Crippen molar-refractivity contribution in [1.82, 2.24) is 15.1 Å². The van der Waals surface area contributed by atoms with Crippen LogP contribution in [0.4, 0.5) is 0 Å². The lowest BCUT2D eigenvalue weighted by Gasteiger charge is -2.07. The van der Waals surface area contributed by atoms with Gasteiger partial charge in [0.15, 0.2) is 5.75 Å². The van der Waals surface area contributed by atoms with Crippen LogP contribution in [-0.4, -0.2) is 42.7 Å². The average molecular weight is 241 g/mol. The second kappa shape index (κ2) is 7.29. The Bertz CT molecular complexity index is 337. The van der Waals surface area contributed by atoms with Gasteiger partial charge in [-0.1, -0.05) is 0 Å². The average Bonchev–Trinajstić information content (AvgIpc) is 2.54. The molecule has 0 aliphatic rings. The van der Waals surface area contributed by atoms with Crippen molar-refractivity contribution in [2.24, 2.45) is 7.05 Å². The van der Waals surface area contributed by atoms with E-state index >= 15 is 0 Å². The molecule has 1 aromatic heterocycles. The molecule has 0 spiro atoms. The summed E-state index contributed by atoms with van der Waals surface area (Å²) in [4.78, 5) is 0. The fraction of sp³-hybridized carbons (Fsp3) is 0.750. The van der Waals surface area contributed by atoms with E-state index in [2.05, 4.69) is 10.4 Å². The maximum atomic E-state index is 5.71. The smallest absolute Gasteiger partial charge is 0.163 e. The molecule has 0 aromatic carbocycles. The number of rotatable bonds is 8. The molecule has 0 aliphatic heterocycles. The Morgan fingerprint density at radius 3 is 2.53 bits per heavy atom. The van der Waals surface area contributed by atoms with E-state index in [4.69, 9.17) is 9.47 Å². The van der Waals surface area contributed by atoms with Crippen LogP contribution in [0.1, 0.15) is 18.3 Å². The van der Waals surface area contributed by atoms with Gasteiger partial charge in [0.2, 0.25) is 0 Å². The lowest BCUT2D eigenvalue weighted by atomic mass is 10.3. The molecule has 0 fully saturated rings. The molecule has 0 bridgehead atoms. The predicted octanol–water partition coefficient (Wildman–Crippen LogP) is 1.04. The molecule has 0 saturated carbocycles. The summed E-state index contributed by atoms with van der Waals surface area (Å²) in [5, 5.41) is 7.56. The van der Waals surface area contributed by atoms with E-state index in [1.807, 2.05) is 32.5 Å². The van der Waals surface area contributed by atoms with Gasteiger partial charge in [0.05, 0.1) is 12.3 Å². The van der Waals surface area contributed by atoms with Crippen LogP contribution in [0.3, 0.4) is 0 Å². The molecule has 1 N–H and O–H groups in total. The van der Waals surface area contributed by atoms with Crippen molar-refractivity contribution in [2.75, 3.05) is 32.9 Å². The molecule has 0 radical (unpaired) electrons. The third-order valence-electron chi connectivity index (χ3n) is 2.60. The Hall–Kier alpha value is -1.07. The summed E-state index contributed by atoms with van der Waals surface area (Å²) in [6.07, 6.45) is 0. The summed E-state index contributed by atoms with van der Waals surface area (Å²) in [5.41, 5.74) is 2.01. The van der Waals surface area contributed by atoms with Crippen LogP contribution in [0.25, 0.3) is 0 Å². The van der Waals surface area contributed by atoms with Crippen molar-refractivity contribution in [1.29, 1.82) is 0 Å². The van der Waals surface area contributed by atoms with Crippen LogP contribution in [0, 0.1) is 13.8 Å². The van der Waals surface area contributed by atoms with Gasteiger partial charge in [-0.15, -0.1) is 0 Å². The van der Waals surface area contributed by atoms with E-state index in [0.29, 0.717) is 6.61 Å². The number of ether oxygens (including phenoxy) is 2. The summed E-state index contributed by atoms with van der Waals surface area (Å²) in [7, 11) is 1.93. The van der Waals surface area contributed by atoms with E-state index in [1.165, 1.54) is 0 Å². The molecule has 5 nitrogen and oxygen atoms in total. The zero-order valence-corrected chi connectivity index (χ0v) is 11.2. The molecule has 98 valence electrons. The summed E-state index contributed by atoms with van der Waals surface area (Å²) in [6.45, 7) is 9.83. The maximum Gasteiger partial charge on any atom is 0.163 e. The highest BCUT2D eigenvalue weighted by Crippen LogP contribution is 2.20. The number of hydrogen-bond donors (Lipinski definition) is 1. The SMILES string of the molecule is CCOCCNCCOc1c(C)nn(C)c1C. The summed E-state index contributed by atoms with van der Waals surface area (Å²) in [6, 6.07) is 0. The van der Waals surface area contributed by atoms with Crippen LogP contribution < -0.4 is 10.1 Å². The molecule has 0 atom stereocenters. The first-order chi connectivity index (χ1) is 8.16. The Balaban J connectivity index is 2.18. The molecule has 17 heavy (non-hydrogen) atoms. The summed E-state index contributed by atoms with van der Waals surface area (Å²) >= 11 is 0. The minimum absolute atomic E-state index is 0.652. The first-order valence-electron chi connectivity index (χ1n) is 6.08. The Morgan fingerprint density at radius 1 is 1.24 bits per heavy atom. The molecule has 0 unspecified atom stereocenters. The van der Waals surface area contributed by atoms with E-state index in [1.54, 1.807) is 0 Å². The van der Waals surface area contributed by atoms with Crippen LogP contribution >= 0.6 is 0 Å². The second-order valence-electron chi connectivity index (χ2n) is 3.92. The third kappa shape index (κ3) is 4.36. The summed E-state index contributed by atoms with van der Waals surface area (Å²) in [5.74, 6) is 0.902. The number of nitrogens with zero attached hydrogens (tertiary/aromatic N) is 2. The predicted molar refractivity (Wildman–Crippen MR) is 67.5 cm³/mol. The van der Waals surface area contributed by atoms with Gasteiger partial charge in [0.1, 0.15) is 12.3 Å². The minimum Gasteiger partial charge on any atom is -0.488 e. The highest BCUT2D eigenvalue weighted by atomic mass is 16.5. The van der Waals surface area contributed by atoms with Gasteiger partial charge in [-0.2, -0.15) is 5.10 Å². The normalized spacial score (nSPS) is 10.8. The van der Waals surface area contributed by atoms with Crippen LogP contribution in [0.2, 0.25) is 0 Å². The van der Waals surface area contributed by atoms with Gasteiger partial charge < -0.3 is 14.8 Å². The Labute approximate surface area is 103 Å². The lowest BCUT2D eigenvalue weighted by molar-refractivity contribution is 0.148. The first kappa shape index (κ1) is 14.0. The van der Waals surface area contributed by atoms with Gasteiger partial charge >= 0.3 is 0 Å². The Morgan fingerprint density at radius 2 is 1.94 bits per heavy atom. The van der Waals surface area contributed by atoms with Crippen molar-refractivity contribution in [3.63, 3.8) is 0 Å². The maximum absolute atomic E-state index is 5.71. The largest absolute Gasteiger partial charge is 0.488 e. The molecule has 1 heterocycles. The zero-order chi connectivity index (χ0) is 12.7. The number of aryl methyl sites for hydroxylation is 2. The highest BCUT2D eigenvalue weighted by Gasteiger charge is 2.09. The van der Waals surface area contributed by atoms with Crippen LogP contribution in [-0.2, 0) is 11.8 Å². The quantitative estimate of drug-likeness (QED) is 0.691. The van der Waals surface area contributed by atoms with E-state index in [9.17, 15) is 0 Å². The molecule has 1 rings (SSSR count). The third-order valence-corrected chi connectivity index (χ3v) is 2.60. The van der Waals surface area contributed by atoms with Gasteiger partial charge in [0, 0.05) is 26.7 Å². The molecule has 0 aliphatic carbocycles. The number of nitrogens with one attached hydrogen (secondary N) is 1. The molecule has 1 aromatic rings. The van der Waals surface area contributed by atoms with Gasteiger partial charge in [-0.05, 0) is 20.8 Å². The van der Waals surface area contributed by atoms with E-state index < -0.39 is 0 Å². The molecule has 0 amide bonds. The highest BCUT2D eigenvalue weighted by molar-refractivity contribution is 5.31. The zero-order valence-electron chi connectivity index (χ0n) is 11.2. The van der Waals surface area contributed by atoms with Gasteiger partial charge in [0.25, 0.3) is 0 Å². The molecular formula is C12H23N3O2. The van der Waals surface area contributed by atoms with Crippen molar-refractivity contribution < 1.29 is 9.47 Å². The molecular weight excluding hydrogens is 218 g/mol. The molecule has 0 saturated heterocycles. The fourth-order valence-corrected chi connectivity index (χ4v) is 1.60. The lowest BCUT2D eigenvalue weighted by Crippen LogP contribution is -2.25. The fourth-order valence-electron chi connectivity index (χ4n) is 1.60. The monoisotopic (exact) mass is 241 g/mol. The van der Waals surface area contributed by atoms with Crippen molar-refractivity contribution in [3.8, 4) is 5.75 Å². The Kier molecular flexibility index (Phi) is 6.00. The van der Waals surface area contributed by atoms with Crippen LogP contribution in [0.15, 0.2) is 0 Å². The summed E-state index contributed by atoms with van der Waals surface area (Å²) < 4.78 is 12.8. The van der Waals surface area contributed by atoms with E-state index in [-0.39, 0.29) is 0 Å². The van der Waals surface area contributed by atoms with Crippen molar-refractivity contribution in [3.05, 3.63) is 11.4 Å². The van der Waals surface area contributed by atoms with Crippen molar-refractivity contribution >= 4 is 0 Å². The van der Waals surface area contributed by atoms with E-state index in [0.717, 1.165) is 43.4 Å². The topological polar surface area (TPSA) is 48.3 Å². The standard InChI is InChI=1S/C12H23N3O2/c1-5-16-8-6-13-7-9-17-12-10(2)14-15(4)11(12)3/h13H,5-9H2,1-4H3. The first-order valence-corrected chi connectivity index (χ1v) is 6.08. The number of hydrogen-bond acceptors (Lipinski definition) is 4. The van der Waals surface area contributed by atoms with Gasteiger partial charge in [-0.3, -0.25) is 4.68 Å². The van der Waals surface area contributed by atoms with Crippen molar-refractivity contribution in [2.45, 2.75) is 20.8 Å². The van der Waals surface area contributed by atoms with Gasteiger partial charge in [-0.25, -0.2) is 0 Å². The minimum atomic E-state index is 0.652. The second-order valence-corrected chi connectivity index (χ2v) is 3.92. The number of aromatic nitrogens is 2. The molecule has 5 heteroatoms.